The monoisotopic (exact) mass is 461 g/mol. The summed E-state index contributed by atoms with van der Waals surface area (Å²) in [5, 5.41) is 0.164. The van der Waals surface area contributed by atoms with E-state index in [1.54, 1.807) is 0 Å². The van der Waals surface area contributed by atoms with Gasteiger partial charge in [-0.15, -0.1) is 9.24 Å². The van der Waals surface area contributed by atoms with Crippen LogP contribution in [0.1, 0.15) is 0 Å². The number of rotatable bonds is 6. The van der Waals surface area contributed by atoms with Crippen molar-refractivity contribution < 1.29 is 56.2 Å². The van der Waals surface area contributed by atoms with Crippen molar-refractivity contribution in [3.05, 3.63) is 24.6 Å². The molecule has 0 aliphatic carbocycles. The number of ether oxygens (including phenoxy) is 2. The molecule has 0 aliphatic rings. The van der Waals surface area contributed by atoms with Crippen LogP contribution in [0.2, 0.25) is 0 Å². The topological polar surface area (TPSA) is 18.5 Å². The van der Waals surface area contributed by atoms with Gasteiger partial charge in [-0.2, -0.15) is 17.6 Å². The Morgan fingerprint density at radius 1 is 0.909 bits per heavy atom. The molecule has 0 heterocycles. The molecule has 11 heteroatoms. The first-order valence-electron chi connectivity index (χ1n) is 5.10. The van der Waals surface area contributed by atoms with Gasteiger partial charge in [-0.05, 0) is 17.4 Å². The fraction of sp³-hybridized carbons (Fsp3) is 0.364. The number of hydrogen-bond acceptors (Lipinski definition) is 2. The predicted molar refractivity (Wildman–Crippen MR) is 70.1 cm³/mol. The fourth-order valence-electron chi connectivity index (χ4n) is 1.11. The van der Waals surface area contributed by atoms with Crippen molar-refractivity contribution in [3.63, 3.8) is 0 Å². The summed E-state index contributed by atoms with van der Waals surface area (Å²) in [6.07, 6.45) is -5.45. The Bertz CT molecular complexity index is 416. The van der Waals surface area contributed by atoms with Crippen molar-refractivity contribution in [2.45, 2.75) is 12.2 Å². The molecule has 0 fully saturated rings. The van der Waals surface area contributed by atoms with Crippen LogP contribution in [0.4, 0.5) is 26.3 Å². The summed E-state index contributed by atoms with van der Waals surface area (Å²) in [4.78, 5) is 0. The normalized spacial score (nSPS) is 11.0. The maximum Gasteiger partial charge on any atom is 0.427 e. The maximum atomic E-state index is 12.7. The molecule has 0 saturated carbocycles. The van der Waals surface area contributed by atoms with E-state index in [0.29, 0.717) is 6.07 Å². The van der Waals surface area contributed by atoms with Crippen molar-refractivity contribution in [2.24, 2.45) is 0 Å². The van der Waals surface area contributed by atoms with Crippen LogP contribution in [-0.4, -0.2) is 25.6 Å². The van der Waals surface area contributed by atoms with Gasteiger partial charge in [0.25, 0.3) is 0 Å². The number of alkyl halides is 6. The average Bonchev–Trinajstić information content (AvgIpc) is 2.39. The third-order valence-corrected chi connectivity index (χ3v) is 2.08. The van der Waals surface area contributed by atoms with Crippen molar-refractivity contribution in [1.29, 1.82) is 0 Å². The van der Waals surface area contributed by atoms with E-state index in [2.05, 4.69) is 27.5 Å². The standard InChI is InChI=1S/C10H9F6O2P.CH2Cl.Pd/c11-4-9(13,14)17-6-1-7(3-8(19)2-6)18-10(15,16)5-12;1-2;/h1-3H,4-5,19H2;1H2;/q;-1;. The van der Waals surface area contributed by atoms with Gasteiger partial charge in [0.2, 0.25) is 0 Å². The summed E-state index contributed by atoms with van der Waals surface area (Å²) >= 11 is 4.39. The Balaban J connectivity index is 0. The first-order chi connectivity index (χ1) is 9.67. The summed E-state index contributed by atoms with van der Waals surface area (Å²) in [6.45, 7) is -4.16. The van der Waals surface area contributed by atoms with Crippen molar-refractivity contribution >= 4 is 26.1 Å². The van der Waals surface area contributed by atoms with Gasteiger partial charge in [0.15, 0.2) is 13.3 Å². The summed E-state index contributed by atoms with van der Waals surface area (Å²) < 4.78 is 82.4. The van der Waals surface area contributed by atoms with Gasteiger partial charge >= 0.3 is 12.2 Å². The summed E-state index contributed by atoms with van der Waals surface area (Å²) in [5.41, 5.74) is 0. The molecular weight excluding hydrogens is 451 g/mol. The Kier molecular flexibility index (Phi) is 11.5. The van der Waals surface area contributed by atoms with E-state index in [1.165, 1.54) is 0 Å². The Hall–Kier alpha value is -0.218. The van der Waals surface area contributed by atoms with Gasteiger partial charge < -0.3 is 21.1 Å². The molecule has 0 radical (unpaired) electrons. The van der Waals surface area contributed by atoms with Crippen molar-refractivity contribution in [3.8, 4) is 11.5 Å². The molecule has 1 aromatic rings. The van der Waals surface area contributed by atoms with Crippen LogP contribution in [0.25, 0.3) is 0 Å². The molecule has 132 valence electrons. The SMILES string of the molecule is FCC(F)(F)Oc1cc(P)cc(OC(F)(F)CF)c1.[CH2-]Cl.[Pd]. The number of halogens is 7. The molecule has 0 amide bonds. The molecule has 1 atom stereocenters. The second-order valence-electron chi connectivity index (χ2n) is 3.48. The minimum absolute atomic E-state index is 0. The molecule has 0 N–H and O–H groups in total. The summed E-state index contributed by atoms with van der Waals surface area (Å²) in [7, 11) is 2.03. The van der Waals surface area contributed by atoms with Crippen LogP contribution < -0.4 is 14.8 Å². The first-order valence-corrected chi connectivity index (χ1v) is 6.21. The smallest absolute Gasteiger partial charge is 0.427 e. The van der Waals surface area contributed by atoms with Gasteiger partial charge in [0, 0.05) is 26.5 Å². The zero-order chi connectivity index (χ0) is 16.7. The minimum Gasteiger partial charge on any atom is -0.430 e. The molecule has 0 saturated heterocycles. The Morgan fingerprint density at radius 2 is 1.23 bits per heavy atom. The quantitative estimate of drug-likeness (QED) is 0.275. The molecular formula is C11H11ClF6O2PPd-. The summed E-state index contributed by atoms with van der Waals surface area (Å²) in [6, 6.07) is 2.75. The second kappa shape index (κ2) is 10.5. The fourth-order valence-corrected chi connectivity index (χ4v) is 1.44. The zero-order valence-corrected chi connectivity index (χ0v) is 14.2. The van der Waals surface area contributed by atoms with Gasteiger partial charge in [-0.1, -0.05) is 0 Å². The van der Waals surface area contributed by atoms with Crippen LogP contribution in [0.5, 0.6) is 11.5 Å². The van der Waals surface area contributed by atoms with Gasteiger partial charge in [0.1, 0.15) is 11.5 Å². The molecule has 0 aromatic heterocycles. The van der Waals surface area contributed by atoms with Crippen molar-refractivity contribution in [1.82, 2.24) is 0 Å². The third-order valence-electron chi connectivity index (χ3n) is 1.75. The van der Waals surface area contributed by atoms with E-state index in [-0.39, 0.29) is 25.7 Å². The average molecular weight is 462 g/mol. The molecule has 2 nitrogen and oxygen atoms in total. The first kappa shape index (κ1) is 24.0. The Morgan fingerprint density at radius 3 is 1.50 bits per heavy atom. The maximum absolute atomic E-state index is 12.7. The number of benzene rings is 1. The molecule has 0 aliphatic heterocycles. The molecule has 1 aromatic carbocycles. The van der Waals surface area contributed by atoms with E-state index in [4.69, 9.17) is 0 Å². The Labute approximate surface area is 144 Å². The van der Waals surface area contributed by atoms with E-state index >= 15 is 0 Å². The predicted octanol–water partition coefficient (Wildman–Crippen LogP) is 4.08. The van der Waals surface area contributed by atoms with Crippen LogP contribution in [0.3, 0.4) is 0 Å². The van der Waals surface area contributed by atoms with Crippen LogP contribution in [0.15, 0.2) is 18.2 Å². The summed E-state index contributed by atoms with van der Waals surface area (Å²) in [5.74, 6) is -1.17. The molecule has 0 spiro atoms. The molecule has 22 heavy (non-hydrogen) atoms. The minimum atomic E-state index is -4.08. The number of hydrogen-bond donors (Lipinski definition) is 0. The van der Waals surface area contributed by atoms with E-state index in [1.807, 2.05) is 9.24 Å². The van der Waals surface area contributed by atoms with Crippen LogP contribution in [0, 0.1) is 6.38 Å². The molecule has 1 rings (SSSR count). The second-order valence-corrected chi connectivity index (χ2v) is 4.15. The molecule has 1 unspecified atom stereocenters. The zero-order valence-electron chi connectivity index (χ0n) is 10.7. The van der Waals surface area contributed by atoms with Gasteiger partial charge in [-0.25, -0.2) is 8.78 Å². The van der Waals surface area contributed by atoms with E-state index < -0.39 is 37.1 Å². The van der Waals surface area contributed by atoms with E-state index in [0.717, 1.165) is 12.1 Å². The third kappa shape index (κ3) is 9.04. The van der Waals surface area contributed by atoms with E-state index in [9.17, 15) is 26.3 Å². The van der Waals surface area contributed by atoms with Crippen LogP contribution >= 0.6 is 20.8 Å². The van der Waals surface area contributed by atoms with Gasteiger partial charge in [-0.3, -0.25) is 6.38 Å². The van der Waals surface area contributed by atoms with Gasteiger partial charge in [0.05, 0.1) is 0 Å². The largest absolute Gasteiger partial charge is 0.430 e. The van der Waals surface area contributed by atoms with Crippen LogP contribution in [-0.2, 0) is 20.4 Å². The van der Waals surface area contributed by atoms with Crippen molar-refractivity contribution in [2.75, 3.05) is 13.3 Å². The molecule has 0 bridgehead atoms.